The summed E-state index contributed by atoms with van der Waals surface area (Å²) in [5.74, 6) is 1.82. The van der Waals surface area contributed by atoms with Gasteiger partial charge in [-0.15, -0.1) is 0 Å². The molecule has 1 aromatic heterocycles. The van der Waals surface area contributed by atoms with Crippen molar-refractivity contribution in [3.63, 3.8) is 0 Å². The topological polar surface area (TPSA) is 106 Å². The number of ether oxygens (including phenoxy) is 1. The van der Waals surface area contributed by atoms with Crippen molar-refractivity contribution in [1.82, 2.24) is 4.57 Å². The number of Topliss-reactive ketones (excluding diaryl/α,β-unsaturated/α-hetero) is 1. The van der Waals surface area contributed by atoms with Gasteiger partial charge < -0.3 is 14.6 Å². The second-order valence-electron chi connectivity index (χ2n) is 13.7. The minimum atomic E-state index is -3.58. The molecule has 9 heteroatoms. The molecule has 2 saturated carbocycles. The molecule has 0 radical (unpaired) electrons. The van der Waals surface area contributed by atoms with Crippen molar-refractivity contribution in [2.75, 3.05) is 23.4 Å². The van der Waals surface area contributed by atoms with E-state index in [-0.39, 0.29) is 28.7 Å². The lowest BCUT2D eigenvalue weighted by Crippen LogP contribution is -2.23. The number of hydrogen-bond acceptors (Lipinski definition) is 5. The molecule has 43 heavy (non-hydrogen) atoms. The van der Waals surface area contributed by atoms with Gasteiger partial charge in [0, 0.05) is 24.8 Å². The number of carbonyl (C=O) groups is 2. The molecule has 0 spiro atoms. The maximum atomic E-state index is 13.8. The van der Waals surface area contributed by atoms with E-state index in [9.17, 15) is 18.0 Å². The first-order valence-corrected chi connectivity index (χ1v) is 17.2. The highest BCUT2D eigenvalue weighted by atomic mass is 32.2. The van der Waals surface area contributed by atoms with Crippen molar-refractivity contribution in [2.24, 2.45) is 24.8 Å². The van der Waals surface area contributed by atoms with Gasteiger partial charge in [-0.05, 0) is 91.5 Å². The van der Waals surface area contributed by atoms with E-state index in [2.05, 4.69) is 16.1 Å². The van der Waals surface area contributed by atoms with Gasteiger partial charge in [0.1, 0.15) is 11.5 Å². The number of ketones is 1. The summed E-state index contributed by atoms with van der Waals surface area (Å²) >= 11 is 0. The van der Waals surface area contributed by atoms with Crippen LogP contribution in [0, 0.1) is 17.8 Å². The summed E-state index contributed by atoms with van der Waals surface area (Å²) in [4.78, 5) is 26.4. The number of hydrogen-bond donors (Lipinski definition) is 2. The standard InChI is InChI=1S/C34H45N3O5S/c1-34(2,3)26-19-27(32(42-5)28(20-26)36-43(6,40)41)35-33(39)29-18-25-9-7-8-24(31(25)37(29)4)16-21-12-14-23(15-13-21)30(38)17-22-10-11-22/h7-9,18-23,36H,10-17H2,1-6H3,(H,35,39). The number of para-hydroxylation sites is 1. The van der Waals surface area contributed by atoms with Gasteiger partial charge in [0.25, 0.3) is 5.91 Å². The molecule has 2 aliphatic carbocycles. The third-order valence-electron chi connectivity index (χ3n) is 9.07. The van der Waals surface area contributed by atoms with Crippen LogP contribution in [-0.4, -0.2) is 38.0 Å². The average molecular weight is 608 g/mol. The number of nitrogens with zero attached hydrogens (tertiary/aromatic N) is 1. The second-order valence-corrected chi connectivity index (χ2v) is 15.4. The third kappa shape index (κ3) is 7.25. The Labute approximate surface area is 255 Å². The Balaban J connectivity index is 1.38. The number of carbonyl (C=O) groups excluding carboxylic acids is 2. The van der Waals surface area contributed by atoms with Crippen LogP contribution < -0.4 is 14.8 Å². The molecule has 1 amide bonds. The van der Waals surface area contributed by atoms with E-state index < -0.39 is 10.0 Å². The lowest BCUT2D eigenvalue weighted by atomic mass is 9.77. The highest BCUT2D eigenvalue weighted by molar-refractivity contribution is 7.92. The summed E-state index contributed by atoms with van der Waals surface area (Å²) in [5, 5.41) is 3.99. The van der Waals surface area contributed by atoms with E-state index in [1.165, 1.54) is 25.5 Å². The van der Waals surface area contributed by atoms with Crippen molar-refractivity contribution in [1.29, 1.82) is 0 Å². The van der Waals surface area contributed by atoms with Crippen molar-refractivity contribution in [3.05, 3.63) is 53.2 Å². The van der Waals surface area contributed by atoms with E-state index in [4.69, 9.17) is 4.74 Å². The summed E-state index contributed by atoms with van der Waals surface area (Å²) in [5.41, 5.74) is 3.95. The van der Waals surface area contributed by atoms with Crippen molar-refractivity contribution in [3.8, 4) is 5.75 Å². The normalized spacial score (nSPS) is 19.3. The number of anilines is 2. The molecular weight excluding hydrogens is 562 g/mol. The number of methoxy groups -OCH3 is 1. The van der Waals surface area contributed by atoms with E-state index in [0.29, 0.717) is 29.0 Å². The molecule has 0 atom stereocenters. The SMILES string of the molecule is COc1c(NC(=O)c2cc3cccc(CC4CCC(C(=O)CC5CC5)CC4)c3n2C)cc(C(C)(C)C)cc1NS(C)(=O)=O. The van der Waals surface area contributed by atoms with Gasteiger partial charge in [-0.2, -0.15) is 0 Å². The number of aromatic nitrogens is 1. The van der Waals surface area contributed by atoms with Crippen LogP contribution in [0.1, 0.15) is 87.3 Å². The predicted octanol–water partition coefficient (Wildman–Crippen LogP) is 6.83. The highest BCUT2D eigenvalue weighted by Gasteiger charge is 2.31. The smallest absolute Gasteiger partial charge is 0.272 e. The van der Waals surface area contributed by atoms with Gasteiger partial charge in [-0.3, -0.25) is 14.3 Å². The zero-order valence-electron chi connectivity index (χ0n) is 26.2. The van der Waals surface area contributed by atoms with Crippen LogP contribution in [0.3, 0.4) is 0 Å². The molecule has 8 nitrogen and oxygen atoms in total. The molecule has 1 heterocycles. The first-order valence-electron chi connectivity index (χ1n) is 15.3. The maximum Gasteiger partial charge on any atom is 0.272 e. The Morgan fingerprint density at radius 3 is 2.23 bits per heavy atom. The summed E-state index contributed by atoms with van der Waals surface area (Å²) in [6.45, 7) is 6.07. The Morgan fingerprint density at radius 2 is 1.63 bits per heavy atom. The summed E-state index contributed by atoms with van der Waals surface area (Å²) in [7, 11) is -0.221. The second kappa shape index (κ2) is 12.0. The molecule has 2 aromatic carbocycles. The number of fused-ring (bicyclic) bond motifs is 1. The molecular formula is C34H45N3O5S. The van der Waals surface area contributed by atoms with Gasteiger partial charge in [0.15, 0.2) is 5.75 Å². The molecule has 0 aliphatic heterocycles. The Bertz CT molecular complexity index is 1640. The van der Waals surface area contributed by atoms with Crippen LogP contribution in [0.4, 0.5) is 11.4 Å². The van der Waals surface area contributed by atoms with Gasteiger partial charge in [0.2, 0.25) is 10.0 Å². The number of benzene rings is 2. The Morgan fingerprint density at radius 1 is 0.977 bits per heavy atom. The van der Waals surface area contributed by atoms with E-state index in [1.807, 2.05) is 56.7 Å². The summed E-state index contributed by atoms with van der Waals surface area (Å²) in [6, 6.07) is 11.7. The van der Waals surface area contributed by atoms with Crippen LogP contribution in [0.25, 0.3) is 10.9 Å². The zero-order valence-corrected chi connectivity index (χ0v) is 27.1. The van der Waals surface area contributed by atoms with Crippen LogP contribution in [0.5, 0.6) is 5.75 Å². The number of sulfonamides is 1. The Hall–Kier alpha value is -3.33. The molecule has 2 N–H and O–H groups in total. The average Bonchev–Trinajstić information content (AvgIpc) is 3.67. The lowest BCUT2D eigenvalue weighted by molar-refractivity contribution is -0.124. The quantitative estimate of drug-likeness (QED) is 0.263. The van der Waals surface area contributed by atoms with Crippen LogP contribution in [0.2, 0.25) is 0 Å². The highest BCUT2D eigenvalue weighted by Crippen LogP contribution is 2.40. The van der Waals surface area contributed by atoms with E-state index in [1.54, 1.807) is 6.07 Å². The number of nitrogens with one attached hydrogen (secondary N) is 2. The van der Waals surface area contributed by atoms with Crippen LogP contribution in [0.15, 0.2) is 36.4 Å². The first-order chi connectivity index (χ1) is 20.2. The van der Waals surface area contributed by atoms with Gasteiger partial charge in [-0.25, -0.2) is 8.42 Å². The number of aryl methyl sites for hydroxylation is 1. The van der Waals surface area contributed by atoms with Gasteiger partial charge >= 0.3 is 0 Å². The summed E-state index contributed by atoms with van der Waals surface area (Å²) in [6.07, 6.45) is 9.32. The monoisotopic (exact) mass is 607 g/mol. The molecule has 3 aromatic rings. The van der Waals surface area contributed by atoms with Crippen LogP contribution >= 0.6 is 0 Å². The van der Waals surface area contributed by atoms with Crippen molar-refractivity contribution >= 4 is 44.0 Å². The van der Waals surface area contributed by atoms with E-state index in [0.717, 1.165) is 61.2 Å². The van der Waals surface area contributed by atoms with Gasteiger partial charge in [-0.1, -0.05) is 39.0 Å². The van der Waals surface area contributed by atoms with Crippen molar-refractivity contribution in [2.45, 2.75) is 77.6 Å². The Kier molecular flexibility index (Phi) is 8.67. The molecule has 232 valence electrons. The minimum Gasteiger partial charge on any atom is -0.492 e. The maximum absolute atomic E-state index is 13.8. The summed E-state index contributed by atoms with van der Waals surface area (Å²) < 4.78 is 34.3. The lowest BCUT2D eigenvalue weighted by Gasteiger charge is -2.28. The largest absolute Gasteiger partial charge is 0.492 e. The first kappa shape index (κ1) is 31.1. The van der Waals surface area contributed by atoms with Crippen molar-refractivity contribution < 1.29 is 22.7 Å². The van der Waals surface area contributed by atoms with Gasteiger partial charge in [0.05, 0.1) is 30.3 Å². The molecule has 0 bridgehead atoms. The number of amides is 1. The molecule has 0 saturated heterocycles. The third-order valence-corrected chi connectivity index (χ3v) is 9.66. The fourth-order valence-corrected chi connectivity index (χ4v) is 7.04. The molecule has 2 fully saturated rings. The number of rotatable bonds is 10. The molecule has 5 rings (SSSR count). The fourth-order valence-electron chi connectivity index (χ4n) is 6.49. The van der Waals surface area contributed by atoms with E-state index >= 15 is 0 Å². The molecule has 2 aliphatic rings. The minimum absolute atomic E-state index is 0.236. The predicted molar refractivity (Wildman–Crippen MR) is 173 cm³/mol. The fraction of sp³-hybridized carbons (Fsp3) is 0.529. The zero-order chi connectivity index (χ0) is 31.1. The molecule has 0 unspecified atom stereocenters. The van der Waals surface area contributed by atoms with Crippen LogP contribution in [-0.2, 0) is 33.7 Å².